The minimum absolute atomic E-state index is 0.170. The lowest BCUT2D eigenvalue weighted by Crippen LogP contribution is -2.54. The standard InChI is InChI=1S/C13H17ClN2O2/c1-9-2-3-10(14)8-11(9)16-12(17)13(15)4-6-18-7-5-13/h2-3,8H,4-7,15H2,1H3,(H,16,17). The Morgan fingerprint density at radius 3 is 2.78 bits per heavy atom. The van der Waals surface area contributed by atoms with Gasteiger partial charge in [-0.15, -0.1) is 0 Å². The normalized spacial score (nSPS) is 18.4. The Morgan fingerprint density at radius 2 is 2.11 bits per heavy atom. The summed E-state index contributed by atoms with van der Waals surface area (Å²) >= 11 is 5.92. The molecular formula is C13H17ClN2O2. The number of carbonyl (C=O) groups is 1. The topological polar surface area (TPSA) is 64.4 Å². The molecule has 18 heavy (non-hydrogen) atoms. The SMILES string of the molecule is Cc1ccc(Cl)cc1NC(=O)C1(N)CCOCC1. The third-order valence-corrected chi connectivity index (χ3v) is 3.52. The second-order valence-electron chi connectivity index (χ2n) is 4.68. The van der Waals surface area contributed by atoms with Crippen LogP contribution in [0.5, 0.6) is 0 Å². The molecule has 98 valence electrons. The lowest BCUT2D eigenvalue weighted by molar-refractivity contribution is -0.124. The molecule has 0 aromatic heterocycles. The molecule has 5 heteroatoms. The Hall–Kier alpha value is -1.10. The van der Waals surface area contributed by atoms with Crippen LogP contribution in [0.4, 0.5) is 5.69 Å². The summed E-state index contributed by atoms with van der Waals surface area (Å²) in [6.07, 6.45) is 1.08. The molecule has 1 saturated heterocycles. The quantitative estimate of drug-likeness (QED) is 0.863. The van der Waals surface area contributed by atoms with Crippen molar-refractivity contribution in [1.29, 1.82) is 0 Å². The molecule has 0 radical (unpaired) electrons. The molecule has 1 aliphatic heterocycles. The van der Waals surface area contributed by atoms with Crippen molar-refractivity contribution < 1.29 is 9.53 Å². The van der Waals surface area contributed by atoms with E-state index in [4.69, 9.17) is 22.1 Å². The fourth-order valence-electron chi connectivity index (χ4n) is 1.94. The highest BCUT2D eigenvalue weighted by molar-refractivity contribution is 6.31. The molecule has 0 saturated carbocycles. The third kappa shape index (κ3) is 2.83. The smallest absolute Gasteiger partial charge is 0.244 e. The van der Waals surface area contributed by atoms with Crippen LogP contribution in [0, 0.1) is 6.92 Å². The van der Waals surface area contributed by atoms with Gasteiger partial charge < -0.3 is 15.8 Å². The van der Waals surface area contributed by atoms with Gasteiger partial charge in [-0.2, -0.15) is 0 Å². The number of nitrogens with one attached hydrogen (secondary N) is 1. The van der Waals surface area contributed by atoms with E-state index in [0.717, 1.165) is 5.56 Å². The molecule has 4 nitrogen and oxygen atoms in total. The lowest BCUT2D eigenvalue weighted by Gasteiger charge is -2.32. The zero-order valence-corrected chi connectivity index (χ0v) is 11.1. The maximum atomic E-state index is 12.2. The van der Waals surface area contributed by atoms with Gasteiger partial charge in [-0.25, -0.2) is 0 Å². The maximum Gasteiger partial charge on any atom is 0.244 e. The number of benzene rings is 1. The zero-order chi connectivity index (χ0) is 13.2. The number of halogens is 1. The number of hydrogen-bond acceptors (Lipinski definition) is 3. The van der Waals surface area contributed by atoms with Gasteiger partial charge >= 0.3 is 0 Å². The number of ether oxygens (including phenoxy) is 1. The van der Waals surface area contributed by atoms with Crippen molar-refractivity contribution in [1.82, 2.24) is 0 Å². The summed E-state index contributed by atoms with van der Waals surface area (Å²) in [4.78, 5) is 12.2. The first-order valence-corrected chi connectivity index (χ1v) is 6.33. The molecule has 3 N–H and O–H groups in total. The number of amides is 1. The molecule has 1 amide bonds. The minimum atomic E-state index is -0.840. The fraction of sp³-hybridized carbons (Fsp3) is 0.462. The second kappa shape index (κ2) is 5.26. The molecule has 0 bridgehead atoms. The average Bonchev–Trinajstić information content (AvgIpc) is 2.35. The highest BCUT2D eigenvalue weighted by Gasteiger charge is 2.36. The monoisotopic (exact) mass is 268 g/mol. The van der Waals surface area contributed by atoms with Crippen molar-refractivity contribution in [3.05, 3.63) is 28.8 Å². The highest BCUT2D eigenvalue weighted by Crippen LogP contribution is 2.24. The van der Waals surface area contributed by atoms with Crippen LogP contribution in [-0.4, -0.2) is 24.7 Å². The van der Waals surface area contributed by atoms with E-state index in [1.54, 1.807) is 12.1 Å². The number of anilines is 1. The van der Waals surface area contributed by atoms with E-state index in [9.17, 15) is 4.79 Å². The summed E-state index contributed by atoms with van der Waals surface area (Å²) in [6.45, 7) is 2.97. The van der Waals surface area contributed by atoms with Gasteiger partial charge in [0.25, 0.3) is 0 Å². The van der Waals surface area contributed by atoms with Gasteiger partial charge in [-0.05, 0) is 37.5 Å². The van der Waals surface area contributed by atoms with Crippen LogP contribution in [0.3, 0.4) is 0 Å². The Balaban J connectivity index is 2.13. The highest BCUT2D eigenvalue weighted by atomic mass is 35.5. The van der Waals surface area contributed by atoms with Crippen LogP contribution < -0.4 is 11.1 Å². The van der Waals surface area contributed by atoms with Crippen LogP contribution in [0.25, 0.3) is 0 Å². The minimum Gasteiger partial charge on any atom is -0.381 e. The molecule has 0 spiro atoms. The molecule has 1 aromatic rings. The van der Waals surface area contributed by atoms with E-state index in [1.807, 2.05) is 13.0 Å². The molecule has 1 aliphatic rings. The van der Waals surface area contributed by atoms with Gasteiger partial charge in [0.2, 0.25) is 5.91 Å². The number of carbonyl (C=O) groups excluding carboxylic acids is 1. The van der Waals surface area contributed by atoms with Crippen LogP contribution in [-0.2, 0) is 9.53 Å². The van der Waals surface area contributed by atoms with E-state index >= 15 is 0 Å². The molecule has 2 rings (SSSR count). The maximum absolute atomic E-state index is 12.2. The van der Waals surface area contributed by atoms with Gasteiger partial charge in [-0.3, -0.25) is 4.79 Å². The molecule has 0 aliphatic carbocycles. The lowest BCUT2D eigenvalue weighted by atomic mass is 9.90. The van der Waals surface area contributed by atoms with Crippen molar-refractivity contribution >= 4 is 23.2 Å². The average molecular weight is 269 g/mol. The first-order chi connectivity index (χ1) is 8.51. The molecular weight excluding hydrogens is 252 g/mol. The molecule has 1 heterocycles. The van der Waals surface area contributed by atoms with E-state index in [1.165, 1.54) is 0 Å². The Kier molecular flexibility index (Phi) is 3.90. The van der Waals surface area contributed by atoms with Crippen LogP contribution in [0.15, 0.2) is 18.2 Å². The first-order valence-electron chi connectivity index (χ1n) is 5.95. The number of rotatable bonds is 2. The van der Waals surface area contributed by atoms with Crippen LogP contribution >= 0.6 is 11.6 Å². The van der Waals surface area contributed by atoms with E-state index in [0.29, 0.717) is 36.8 Å². The zero-order valence-electron chi connectivity index (χ0n) is 10.3. The van der Waals surface area contributed by atoms with Gasteiger partial charge in [0.15, 0.2) is 0 Å². The first kappa shape index (κ1) is 13.3. The number of nitrogens with two attached hydrogens (primary N) is 1. The van der Waals surface area contributed by atoms with E-state index < -0.39 is 5.54 Å². The van der Waals surface area contributed by atoms with E-state index in [-0.39, 0.29) is 5.91 Å². The Bertz CT molecular complexity index is 456. The van der Waals surface area contributed by atoms with Gasteiger partial charge in [0.1, 0.15) is 5.54 Å². The van der Waals surface area contributed by atoms with Crippen molar-refractivity contribution in [2.75, 3.05) is 18.5 Å². The van der Waals surface area contributed by atoms with Crippen molar-refractivity contribution in [3.63, 3.8) is 0 Å². The Labute approximate surface area is 111 Å². The summed E-state index contributed by atoms with van der Waals surface area (Å²) in [5, 5.41) is 3.45. The van der Waals surface area contributed by atoms with E-state index in [2.05, 4.69) is 5.32 Å². The molecule has 1 aromatic carbocycles. The summed E-state index contributed by atoms with van der Waals surface area (Å²) in [5.41, 5.74) is 6.95. The summed E-state index contributed by atoms with van der Waals surface area (Å²) in [5.74, 6) is -0.170. The predicted molar refractivity (Wildman–Crippen MR) is 71.8 cm³/mol. The van der Waals surface area contributed by atoms with Crippen molar-refractivity contribution in [2.45, 2.75) is 25.3 Å². The molecule has 0 unspecified atom stereocenters. The molecule has 1 fully saturated rings. The van der Waals surface area contributed by atoms with Crippen molar-refractivity contribution in [2.24, 2.45) is 5.73 Å². The van der Waals surface area contributed by atoms with Gasteiger partial charge in [0, 0.05) is 23.9 Å². The van der Waals surface area contributed by atoms with Gasteiger partial charge in [0.05, 0.1) is 0 Å². The Morgan fingerprint density at radius 1 is 1.44 bits per heavy atom. The predicted octanol–water partition coefficient (Wildman–Crippen LogP) is 2.09. The summed E-state index contributed by atoms with van der Waals surface area (Å²) < 4.78 is 5.23. The van der Waals surface area contributed by atoms with Crippen molar-refractivity contribution in [3.8, 4) is 0 Å². The second-order valence-corrected chi connectivity index (χ2v) is 5.12. The summed E-state index contributed by atoms with van der Waals surface area (Å²) in [7, 11) is 0. The fourth-order valence-corrected chi connectivity index (χ4v) is 2.11. The van der Waals surface area contributed by atoms with Crippen LogP contribution in [0.2, 0.25) is 5.02 Å². The third-order valence-electron chi connectivity index (χ3n) is 3.29. The molecule has 0 atom stereocenters. The number of hydrogen-bond donors (Lipinski definition) is 2. The number of aryl methyl sites for hydroxylation is 1. The van der Waals surface area contributed by atoms with Crippen LogP contribution in [0.1, 0.15) is 18.4 Å². The van der Waals surface area contributed by atoms with Gasteiger partial charge in [-0.1, -0.05) is 17.7 Å². The largest absolute Gasteiger partial charge is 0.381 e. The summed E-state index contributed by atoms with van der Waals surface area (Å²) in [6, 6.07) is 5.39.